The van der Waals surface area contributed by atoms with Crippen molar-refractivity contribution in [1.29, 1.82) is 0 Å². The molecule has 0 aromatic carbocycles. The van der Waals surface area contributed by atoms with Gasteiger partial charge in [0.05, 0.1) is 12.7 Å². The molecule has 0 aromatic heterocycles. The second kappa shape index (κ2) is 3.76. The predicted molar refractivity (Wildman–Crippen MR) is 55.8 cm³/mol. The van der Waals surface area contributed by atoms with Crippen molar-refractivity contribution in [2.45, 2.75) is 50.8 Å². The van der Waals surface area contributed by atoms with Gasteiger partial charge in [0, 0.05) is 12.6 Å². The Hall–Kier alpha value is -0.610. The lowest BCUT2D eigenvalue weighted by Gasteiger charge is -2.45. The van der Waals surface area contributed by atoms with Crippen molar-refractivity contribution in [3.8, 4) is 0 Å². The van der Waals surface area contributed by atoms with Crippen LogP contribution in [0, 0.1) is 0 Å². The highest BCUT2D eigenvalue weighted by Gasteiger charge is 2.45. The van der Waals surface area contributed by atoms with Gasteiger partial charge in [-0.25, -0.2) is 0 Å². The minimum atomic E-state index is -0.767. The molecule has 0 amide bonds. The molecule has 15 heavy (non-hydrogen) atoms. The summed E-state index contributed by atoms with van der Waals surface area (Å²) in [6.07, 6.45) is 3.57. The van der Waals surface area contributed by atoms with Gasteiger partial charge in [0.15, 0.2) is 0 Å². The summed E-state index contributed by atoms with van der Waals surface area (Å²) in [4.78, 5) is 13.3. The summed E-state index contributed by atoms with van der Waals surface area (Å²) in [7, 11) is 0. The molecule has 2 fully saturated rings. The van der Waals surface area contributed by atoms with Crippen LogP contribution in [0.5, 0.6) is 0 Å². The molecule has 4 heteroatoms. The molecule has 1 aliphatic carbocycles. The smallest absolute Gasteiger partial charge is 0.323 e. The highest BCUT2D eigenvalue weighted by atomic mass is 16.5. The Balaban J connectivity index is 2.17. The molecule has 1 saturated carbocycles. The van der Waals surface area contributed by atoms with E-state index in [0.717, 1.165) is 25.8 Å². The molecule has 1 N–H and O–H groups in total. The molecular weight excluding hydrogens is 194 g/mol. The predicted octanol–water partition coefficient (Wildman–Crippen LogP) is 1.10. The lowest BCUT2D eigenvalue weighted by atomic mass is 9.97. The number of hydrogen-bond donors (Lipinski definition) is 1. The van der Waals surface area contributed by atoms with Crippen LogP contribution < -0.4 is 0 Å². The van der Waals surface area contributed by atoms with E-state index < -0.39 is 11.5 Å². The number of morpholine rings is 1. The molecular formula is C11H19NO3. The van der Waals surface area contributed by atoms with Gasteiger partial charge in [-0.15, -0.1) is 0 Å². The van der Waals surface area contributed by atoms with Crippen LogP contribution in [0.1, 0.15) is 33.1 Å². The van der Waals surface area contributed by atoms with Crippen molar-refractivity contribution < 1.29 is 14.6 Å². The van der Waals surface area contributed by atoms with E-state index in [1.165, 1.54) is 0 Å². The van der Waals surface area contributed by atoms with Gasteiger partial charge in [-0.1, -0.05) is 0 Å². The molecule has 1 saturated heterocycles. The first-order valence-electron chi connectivity index (χ1n) is 5.65. The number of aliphatic carboxylic acids is 1. The maximum atomic E-state index is 11.2. The molecule has 1 heterocycles. The summed E-state index contributed by atoms with van der Waals surface area (Å²) in [5.41, 5.74) is -0.767. The summed E-state index contributed by atoms with van der Waals surface area (Å²) in [5.74, 6) is -0.741. The Kier molecular flexibility index (Phi) is 2.73. The van der Waals surface area contributed by atoms with Crippen LogP contribution >= 0.6 is 0 Å². The van der Waals surface area contributed by atoms with Crippen LogP contribution in [-0.2, 0) is 9.53 Å². The molecule has 2 rings (SSSR count). The third kappa shape index (κ3) is 1.76. The van der Waals surface area contributed by atoms with Crippen LogP contribution in [0.4, 0.5) is 0 Å². The second-order valence-electron chi connectivity index (χ2n) is 4.97. The number of carboxylic acids is 1. The molecule has 2 unspecified atom stereocenters. The summed E-state index contributed by atoms with van der Waals surface area (Å²) in [6, 6.07) is 0.310. The Morgan fingerprint density at radius 1 is 1.47 bits per heavy atom. The molecule has 2 aliphatic rings. The highest BCUT2D eigenvalue weighted by Crippen LogP contribution is 2.34. The third-order valence-electron chi connectivity index (χ3n) is 3.72. The van der Waals surface area contributed by atoms with Gasteiger partial charge >= 0.3 is 5.97 Å². The standard InChI is InChI=1S/C11H19NO3/c1-11(2,10(13)14)12-6-7-15-9-5-3-4-8(9)12/h8-9H,3-7H2,1-2H3,(H,13,14). The van der Waals surface area contributed by atoms with Crippen LogP contribution in [0.3, 0.4) is 0 Å². The van der Waals surface area contributed by atoms with Gasteiger partial charge in [-0.2, -0.15) is 0 Å². The lowest BCUT2D eigenvalue weighted by molar-refractivity contribution is -0.159. The average molecular weight is 213 g/mol. The summed E-state index contributed by atoms with van der Waals surface area (Å²) < 4.78 is 5.67. The molecule has 0 spiro atoms. The number of rotatable bonds is 2. The van der Waals surface area contributed by atoms with Gasteiger partial charge in [-0.3, -0.25) is 9.69 Å². The zero-order valence-electron chi connectivity index (χ0n) is 9.40. The van der Waals surface area contributed by atoms with E-state index in [-0.39, 0.29) is 6.10 Å². The van der Waals surface area contributed by atoms with Gasteiger partial charge in [0.25, 0.3) is 0 Å². The van der Waals surface area contributed by atoms with E-state index in [1.54, 1.807) is 13.8 Å². The molecule has 2 atom stereocenters. The number of carbonyl (C=O) groups is 1. The molecule has 0 aromatic rings. The van der Waals surface area contributed by atoms with Crippen molar-refractivity contribution >= 4 is 5.97 Å². The quantitative estimate of drug-likeness (QED) is 0.746. The topological polar surface area (TPSA) is 49.8 Å². The number of hydrogen-bond acceptors (Lipinski definition) is 3. The zero-order chi connectivity index (χ0) is 11.1. The SMILES string of the molecule is CC(C)(C(=O)O)N1CCOC2CCCC21. The normalized spacial score (nSPS) is 32.7. The number of nitrogens with zero attached hydrogens (tertiary/aromatic N) is 1. The van der Waals surface area contributed by atoms with Gasteiger partial charge in [0.2, 0.25) is 0 Å². The summed E-state index contributed by atoms with van der Waals surface area (Å²) >= 11 is 0. The maximum absolute atomic E-state index is 11.2. The summed E-state index contributed by atoms with van der Waals surface area (Å²) in [6.45, 7) is 4.98. The van der Waals surface area contributed by atoms with E-state index in [4.69, 9.17) is 4.74 Å². The largest absolute Gasteiger partial charge is 0.480 e. The maximum Gasteiger partial charge on any atom is 0.323 e. The minimum absolute atomic E-state index is 0.261. The number of carboxylic acid groups (broad SMARTS) is 1. The van der Waals surface area contributed by atoms with E-state index in [9.17, 15) is 9.90 Å². The fourth-order valence-corrected chi connectivity index (χ4v) is 2.74. The fraction of sp³-hybridized carbons (Fsp3) is 0.909. The van der Waals surface area contributed by atoms with Crippen molar-refractivity contribution in [3.63, 3.8) is 0 Å². The average Bonchev–Trinajstić information content (AvgIpc) is 2.64. The first-order chi connectivity index (χ1) is 7.03. The van der Waals surface area contributed by atoms with E-state index in [0.29, 0.717) is 12.6 Å². The van der Waals surface area contributed by atoms with Crippen molar-refractivity contribution in [1.82, 2.24) is 4.90 Å². The number of ether oxygens (including phenoxy) is 1. The Morgan fingerprint density at radius 3 is 2.87 bits per heavy atom. The van der Waals surface area contributed by atoms with Gasteiger partial charge in [0.1, 0.15) is 5.54 Å². The van der Waals surface area contributed by atoms with Gasteiger partial charge in [-0.05, 0) is 33.1 Å². The second-order valence-corrected chi connectivity index (χ2v) is 4.97. The Morgan fingerprint density at radius 2 is 2.20 bits per heavy atom. The van der Waals surface area contributed by atoms with Crippen molar-refractivity contribution in [2.75, 3.05) is 13.2 Å². The monoisotopic (exact) mass is 213 g/mol. The van der Waals surface area contributed by atoms with Crippen LogP contribution in [0.25, 0.3) is 0 Å². The van der Waals surface area contributed by atoms with Crippen LogP contribution in [0.2, 0.25) is 0 Å². The van der Waals surface area contributed by atoms with Crippen molar-refractivity contribution in [2.24, 2.45) is 0 Å². The number of fused-ring (bicyclic) bond motifs is 1. The Labute approximate surface area is 90.2 Å². The third-order valence-corrected chi connectivity index (χ3v) is 3.72. The van der Waals surface area contributed by atoms with E-state index in [1.807, 2.05) is 0 Å². The Bertz CT molecular complexity index is 265. The first kappa shape index (κ1) is 10.9. The lowest BCUT2D eigenvalue weighted by Crippen LogP contribution is -2.60. The van der Waals surface area contributed by atoms with E-state index in [2.05, 4.69) is 4.90 Å². The first-order valence-corrected chi connectivity index (χ1v) is 5.65. The molecule has 0 bridgehead atoms. The minimum Gasteiger partial charge on any atom is -0.480 e. The van der Waals surface area contributed by atoms with Crippen LogP contribution in [-0.4, -0.2) is 46.8 Å². The van der Waals surface area contributed by atoms with Gasteiger partial charge < -0.3 is 9.84 Å². The highest BCUT2D eigenvalue weighted by molar-refractivity contribution is 5.77. The molecule has 86 valence electrons. The fourth-order valence-electron chi connectivity index (χ4n) is 2.74. The molecule has 1 aliphatic heterocycles. The zero-order valence-corrected chi connectivity index (χ0v) is 9.40. The van der Waals surface area contributed by atoms with Crippen LogP contribution in [0.15, 0.2) is 0 Å². The van der Waals surface area contributed by atoms with Crippen molar-refractivity contribution in [3.05, 3.63) is 0 Å². The molecule has 4 nitrogen and oxygen atoms in total. The summed E-state index contributed by atoms with van der Waals surface area (Å²) in [5, 5.41) is 9.23. The molecule has 0 radical (unpaired) electrons. The van der Waals surface area contributed by atoms with E-state index >= 15 is 0 Å².